The summed E-state index contributed by atoms with van der Waals surface area (Å²) in [5.74, 6) is 6.20. The molecule has 1 atom stereocenters. The smallest absolute Gasteiger partial charge is 0.176 e. The highest BCUT2D eigenvalue weighted by Crippen LogP contribution is 2.23. The van der Waals surface area contributed by atoms with Crippen molar-refractivity contribution in [2.45, 2.75) is 19.4 Å². The Bertz CT molecular complexity index is 462. The van der Waals surface area contributed by atoms with Gasteiger partial charge in [-0.05, 0) is 12.1 Å². The number of thiazole rings is 1. The van der Waals surface area contributed by atoms with Crippen LogP contribution in [0.25, 0.3) is 0 Å². The Morgan fingerprint density at radius 1 is 1.62 bits per heavy atom. The van der Waals surface area contributed by atoms with Crippen LogP contribution in [-0.4, -0.2) is 25.2 Å². The number of nitrogens with two attached hydrogens (primary N) is 1. The molecule has 2 aromatic rings. The summed E-state index contributed by atoms with van der Waals surface area (Å²) >= 11 is 1.57. The van der Waals surface area contributed by atoms with Gasteiger partial charge in [0.2, 0.25) is 0 Å². The zero-order valence-corrected chi connectivity index (χ0v) is 9.90. The zero-order chi connectivity index (χ0) is 11.5. The number of tetrazole rings is 1. The molecule has 7 nitrogen and oxygen atoms in total. The van der Waals surface area contributed by atoms with Gasteiger partial charge in [-0.1, -0.05) is 0 Å². The summed E-state index contributed by atoms with van der Waals surface area (Å²) in [5, 5.41) is 11.8. The van der Waals surface area contributed by atoms with Gasteiger partial charge >= 0.3 is 0 Å². The summed E-state index contributed by atoms with van der Waals surface area (Å²) in [6, 6.07) is -0.0169. The SMILES string of the molecule is Cc1ncsc1C(Cc1nnn(C)n1)NN. The Kier molecular flexibility index (Phi) is 3.22. The predicted octanol–water partition coefficient (Wildman–Crippen LogP) is -0.278. The second-order valence-corrected chi connectivity index (χ2v) is 4.31. The van der Waals surface area contributed by atoms with Gasteiger partial charge in [-0.3, -0.25) is 11.3 Å². The molecule has 0 aliphatic heterocycles. The molecule has 0 spiro atoms. The van der Waals surface area contributed by atoms with Crippen LogP contribution in [0.4, 0.5) is 0 Å². The van der Waals surface area contributed by atoms with Gasteiger partial charge in [0.25, 0.3) is 0 Å². The Balaban J connectivity index is 2.15. The molecule has 0 radical (unpaired) electrons. The molecule has 0 saturated carbocycles. The van der Waals surface area contributed by atoms with Crippen molar-refractivity contribution < 1.29 is 0 Å². The molecule has 0 saturated heterocycles. The maximum Gasteiger partial charge on any atom is 0.176 e. The number of aromatic nitrogens is 5. The predicted molar refractivity (Wildman–Crippen MR) is 59.4 cm³/mol. The van der Waals surface area contributed by atoms with Crippen LogP contribution in [0.3, 0.4) is 0 Å². The molecule has 2 heterocycles. The molecule has 0 bridgehead atoms. The summed E-state index contributed by atoms with van der Waals surface area (Å²) in [6.07, 6.45) is 0.605. The van der Waals surface area contributed by atoms with E-state index in [1.165, 1.54) is 4.80 Å². The van der Waals surface area contributed by atoms with E-state index in [9.17, 15) is 0 Å². The van der Waals surface area contributed by atoms with E-state index in [0.717, 1.165) is 10.6 Å². The third-order valence-corrected chi connectivity index (χ3v) is 3.28. The molecular weight excluding hydrogens is 226 g/mol. The van der Waals surface area contributed by atoms with E-state index in [-0.39, 0.29) is 6.04 Å². The fourth-order valence-corrected chi connectivity index (χ4v) is 2.32. The summed E-state index contributed by atoms with van der Waals surface area (Å²) < 4.78 is 0. The van der Waals surface area contributed by atoms with Gasteiger partial charge in [0.05, 0.1) is 24.3 Å². The van der Waals surface area contributed by atoms with Crippen molar-refractivity contribution >= 4 is 11.3 Å². The lowest BCUT2D eigenvalue weighted by atomic mass is 10.1. The van der Waals surface area contributed by atoms with Crippen LogP contribution in [-0.2, 0) is 13.5 Å². The summed E-state index contributed by atoms with van der Waals surface area (Å²) in [4.78, 5) is 6.73. The second kappa shape index (κ2) is 4.64. The highest BCUT2D eigenvalue weighted by molar-refractivity contribution is 7.09. The average molecular weight is 239 g/mol. The first-order chi connectivity index (χ1) is 7.70. The lowest BCUT2D eigenvalue weighted by Crippen LogP contribution is -2.29. The van der Waals surface area contributed by atoms with Crippen LogP contribution in [0, 0.1) is 6.92 Å². The van der Waals surface area contributed by atoms with Crippen LogP contribution >= 0.6 is 11.3 Å². The van der Waals surface area contributed by atoms with Crippen molar-refractivity contribution in [2.75, 3.05) is 0 Å². The molecule has 1 unspecified atom stereocenters. The maximum atomic E-state index is 5.53. The van der Waals surface area contributed by atoms with Crippen LogP contribution in [0.15, 0.2) is 5.51 Å². The standard InChI is InChI=1S/C8H13N7S/c1-5-8(16-4-10-5)6(11-9)3-7-12-14-15(2)13-7/h4,6,11H,3,9H2,1-2H3. The molecule has 3 N–H and O–H groups in total. The highest BCUT2D eigenvalue weighted by Gasteiger charge is 2.17. The molecule has 0 aliphatic carbocycles. The molecule has 8 heteroatoms. The molecule has 2 aromatic heterocycles. The van der Waals surface area contributed by atoms with E-state index < -0.39 is 0 Å². The van der Waals surface area contributed by atoms with Gasteiger partial charge < -0.3 is 0 Å². The topological polar surface area (TPSA) is 94.5 Å². The molecule has 0 aliphatic rings. The normalized spacial score (nSPS) is 12.9. The van der Waals surface area contributed by atoms with Crippen LogP contribution in [0.1, 0.15) is 22.4 Å². The van der Waals surface area contributed by atoms with Crippen LogP contribution in [0.5, 0.6) is 0 Å². The Labute approximate surface area is 96.7 Å². The molecule has 86 valence electrons. The minimum Gasteiger partial charge on any atom is -0.271 e. The van der Waals surface area contributed by atoms with Crippen molar-refractivity contribution in [1.82, 2.24) is 30.6 Å². The Morgan fingerprint density at radius 2 is 2.44 bits per heavy atom. The van der Waals surface area contributed by atoms with Crippen molar-refractivity contribution in [3.8, 4) is 0 Å². The van der Waals surface area contributed by atoms with Crippen LogP contribution in [0.2, 0.25) is 0 Å². The molecular formula is C8H13N7S. The number of hydrazine groups is 1. The molecule has 0 fully saturated rings. The molecule has 16 heavy (non-hydrogen) atoms. The van der Waals surface area contributed by atoms with Crippen molar-refractivity contribution in [3.63, 3.8) is 0 Å². The largest absolute Gasteiger partial charge is 0.271 e. The van der Waals surface area contributed by atoms with Gasteiger partial charge in [-0.25, -0.2) is 4.98 Å². The molecule has 0 amide bonds. The number of hydrogen-bond donors (Lipinski definition) is 2. The number of nitrogens with zero attached hydrogens (tertiary/aromatic N) is 5. The number of aryl methyl sites for hydroxylation is 2. The van der Waals surface area contributed by atoms with E-state index in [2.05, 4.69) is 25.8 Å². The highest BCUT2D eigenvalue weighted by atomic mass is 32.1. The lowest BCUT2D eigenvalue weighted by molar-refractivity contribution is 0.541. The van der Waals surface area contributed by atoms with Gasteiger partial charge in [-0.2, -0.15) is 4.80 Å². The first-order valence-electron chi connectivity index (χ1n) is 4.79. The lowest BCUT2D eigenvalue weighted by Gasteiger charge is -2.12. The third kappa shape index (κ3) is 2.23. The fourth-order valence-electron chi connectivity index (χ4n) is 1.46. The average Bonchev–Trinajstić information content (AvgIpc) is 2.84. The van der Waals surface area contributed by atoms with E-state index in [4.69, 9.17) is 5.84 Å². The number of nitrogens with one attached hydrogen (secondary N) is 1. The molecule has 0 aromatic carbocycles. The van der Waals surface area contributed by atoms with Gasteiger partial charge in [-0.15, -0.1) is 21.5 Å². The summed E-state index contributed by atoms with van der Waals surface area (Å²) in [7, 11) is 1.74. The minimum atomic E-state index is -0.0169. The summed E-state index contributed by atoms with van der Waals surface area (Å²) in [6.45, 7) is 1.96. The van der Waals surface area contributed by atoms with E-state index in [1.54, 1.807) is 23.9 Å². The maximum absolute atomic E-state index is 5.53. The minimum absolute atomic E-state index is 0.0169. The monoisotopic (exact) mass is 239 g/mol. The van der Waals surface area contributed by atoms with Crippen molar-refractivity contribution in [1.29, 1.82) is 0 Å². The van der Waals surface area contributed by atoms with Gasteiger partial charge in [0, 0.05) is 11.3 Å². The first-order valence-corrected chi connectivity index (χ1v) is 5.67. The van der Waals surface area contributed by atoms with Gasteiger partial charge in [0.15, 0.2) is 5.82 Å². The van der Waals surface area contributed by atoms with Crippen molar-refractivity contribution in [2.24, 2.45) is 12.9 Å². The number of hydrogen-bond acceptors (Lipinski definition) is 7. The van der Waals surface area contributed by atoms with E-state index >= 15 is 0 Å². The van der Waals surface area contributed by atoms with E-state index in [1.807, 2.05) is 6.92 Å². The van der Waals surface area contributed by atoms with Crippen LogP contribution < -0.4 is 11.3 Å². The first kappa shape index (κ1) is 11.1. The molecule has 2 rings (SSSR count). The quantitative estimate of drug-likeness (QED) is 0.563. The third-order valence-electron chi connectivity index (χ3n) is 2.24. The van der Waals surface area contributed by atoms with E-state index in [0.29, 0.717) is 12.2 Å². The fraction of sp³-hybridized carbons (Fsp3) is 0.500. The van der Waals surface area contributed by atoms with Crippen molar-refractivity contribution in [3.05, 3.63) is 21.9 Å². The zero-order valence-electron chi connectivity index (χ0n) is 9.08. The Hall–Kier alpha value is -1.38. The second-order valence-electron chi connectivity index (χ2n) is 3.42. The number of rotatable bonds is 4. The summed E-state index contributed by atoms with van der Waals surface area (Å²) in [5.41, 5.74) is 5.54. The van der Waals surface area contributed by atoms with Gasteiger partial charge in [0.1, 0.15) is 0 Å². The Morgan fingerprint density at radius 3 is 2.94 bits per heavy atom.